The molecule has 0 aliphatic heterocycles. The molecular weight excluding hydrogens is 249 g/mol. The number of carbonyl (C=O) groups is 2. The van der Waals surface area contributed by atoms with Crippen LogP contribution in [0.4, 0.5) is 4.39 Å². The molecule has 1 amide bonds. The van der Waals surface area contributed by atoms with Gasteiger partial charge in [-0.3, -0.25) is 4.79 Å². The van der Waals surface area contributed by atoms with Crippen molar-refractivity contribution in [1.29, 1.82) is 0 Å². The first-order valence-corrected chi connectivity index (χ1v) is 5.80. The summed E-state index contributed by atoms with van der Waals surface area (Å²) in [5.74, 6) is -2.08. The minimum Gasteiger partial charge on any atom is -0.478 e. The summed E-state index contributed by atoms with van der Waals surface area (Å²) in [6.07, 6.45) is 0. The number of carboxylic acids is 1. The number of hydrogen-bond acceptors (Lipinski definition) is 2. The third-order valence-electron chi connectivity index (χ3n) is 2.94. The molecule has 5 heteroatoms. The van der Waals surface area contributed by atoms with Gasteiger partial charge in [0.2, 0.25) is 5.91 Å². The summed E-state index contributed by atoms with van der Waals surface area (Å²) in [6, 6.07) is 5.58. The van der Waals surface area contributed by atoms with Crippen LogP contribution in [0.5, 0.6) is 0 Å². The molecule has 1 aromatic carbocycles. The molecule has 102 valence electrons. The maximum atomic E-state index is 13.5. The van der Waals surface area contributed by atoms with E-state index in [9.17, 15) is 14.0 Å². The second-order valence-corrected chi connectivity index (χ2v) is 4.27. The zero-order valence-electron chi connectivity index (χ0n) is 11.0. The van der Waals surface area contributed by atoms with Crippen molar-refractivity contribution in [2.45, 2.75) is 26.8 Å². The number of nitrogens with one attached hydrogen (secondary N) is 1. The molecule has 0 radical (unpaired) electrons. The lowest BCUT2D eigenvalue weighted by atomic mass is 10.1. The largest absolute Gasteiger partial charge is 0.478 e. The number of benzene rings is 1. The standard InChI is InChI=1S/C14H16FNO3/c1-8(9(2)14(18)19)13(17)16-10(3)11-6-4-5-7-12(11)15/h4-7,10H,1-3H3,(H,16,17)(H,18,19)/b9-8-/t10-/m1/s1. The first kappa shape index (κ1) is 14.9. The van der Waals surface area contributed by atoms with Crippen LogP contribution in [0.15, 0.2) is 35.4 Å². The van der Waals surface area contributed by atoms with E-state index in [0.717, 1.165) is 0 Å². The van der Waals surface area contributed by atoms with E-state index >= 15 is 0 Å². The van der Waals surface area contributed by atoms with Gasteiger partial charge in [-0.25, -0.2) is 9.18 Å². The molecule has 4 nitrogen and oxygen atoms in total. The smallest absolute Gasteiger partial charge is 0.331 e. The molecule has 0 aliphatic rings. The summed E-state index contributed by atoms with van der Waals surface area (Å²) in [4.78, 5) is 22.6. The monoisotopic (exact) mass is 265 g/mol. The fourth-order valence-corrected chi connectivity index (χ4v) is 1.54. The highest BCUT2D eigenvalue weighted by molar-refractivity contribution is 6.01. The van der Waals surface area contributed by atoms with Gasteiger partial charge >= 0.3 is 5.97 Å². The second kappa shape index (κ2) is 6.13. The SMILES string of the molecule is C/C(C(=O)O)=C(\C)C(=O)N[C@H](C)c1ccccc1F. The lowest BCUT2D eigenvalue weighted by Gasteiger charge is -2.15. The Balaban J connectivity index is 2.87. The van der Waals surface area contributed by atoms with Gasteiger partial charge in [-0.2, -0.15) is 0 Å². The van der Waals surface area contributed by atoms with E-state index in [1.165, 1.54) is 19.9 Å². The van der Waals surface area contributed by atoms with E-state index in [-0.39, 0.29) is 11.1 Å². The van der Waals surface area contributed by atoms with E-state index in [1.807, 2.05) is 0 Å². The van der Waals surface area contributed by atoms with Crippen molar-refractivity contribution in [2.24, 2.45) is 0 Å². The van der Waals surface area contributed by atoms with Crippen LogP contribution in [0.3, 0.4) is 0 Å². The maximum Gasteiger partial charge on any atom is 0.331 e. The Hall–Kier alpha value is -2.17. The van der Waals surface area contributed by atoms with Crippen molar-refractivity contribution in [3.05, 3.63) is 46.8 Å². The van der Waals surface area contributed by atoms with Crippen molar-refractivity contribution in [3.63, 3.8) is 0 Å². The van der Waals surface area contributed by atoms with E-state index < -0.39 is 23.7 Å². The molecule has 0 aliphatic carbocycles. The number of carboxylic acid groups (broad SMARTS) is 1. The molecule has 19 heavy (non-hydrogen) atoms. The van der Waals surface area contributed by atoms with Crippen LogP contribution in [0.25, 0.3) is 0 Å². The van der Waals surface area contributed by atoms with Gasteiger partial charge in [0.05, 0.1) is 6.04 Å². The normalized spacial score (nSPS) is 13.5. The molecule has 0 spiro atoms. The fourth-order valence-electron chi connectivity index (χ4n) is 1.54. The van der Waals surface area contributed by atoms with Crippen LogP contribution in [0.1, 0.15) is 32.4 Å². The van der Waals surface area contributed by atoms with Gasteiger partial charge in [0.25, 0.3) is 0 Å². The van der Waals surface area contributed by atoms with Crippen LogP contribution < -0.4 is 5.32 Å². The minimum absolute atomic E-state index is 0.0294. The van der Waals surface area contributed by atoms with E-state index in [2.05, 4.69) is 5.32 Å². The van der Waals surface area contributed by atoms with Crippen molar-refractivity contribution in [1.82, 2.24) is 5.32 Å². The average Bonchev–Trinajstić information content (AvgIpc) is 2.37. The maximum absolute atomic E-state index is 13.5. The van der Waals surface area contributed by atoms with Gasteiger partial charge in [-0.05, 0) is 26.8 Å². The molecule has 1 aromatic rings. The van der Waals surface area contributed by atoms with Crippen molar-refractivity contribution < 1.29 is 19.1 Å². The van der Waals surface area contributed by atoms with Crippen molar-refractivity contribution in [3.8, 4) is 0 Å². The summed E-state index contributed by atoms with van der Waals surface area (Å²) >= 11 is 0. The van der Waals surface area contributed by atoms with E-state index in [0.29, 0.717) is 5.56 Å². The number of rotatable bonds is 4. The molecular formula is C14H16FNO3. The predicted molar refractivity (Wildman–Crippen MR) is 69.0 cm³/mol. The van der Waals surface area contributed by atoms with Gasteiger partial charge in [0.1, 0.15) is 5.82 Å². The highest BCUT2D eigenvalue weighted by Crippen LogP contribution is 2.17. The molecule has 0 saturated heterocycles. The molecule has 0 heterocycles. The van der Waals surface area contributed by atoms with E-state index in [4.69, 9.17) is 5.11 Å². The molecule has 0 fully saturated rings. The lowest BCUT2D eigenvalue weighted by molar-refractivity contribution is -0.133. The van der Waals surface area contributed by atoms with Crippen molar-refractivity contribution in [2.75, 3.05) is 0 Å². The predicted octanol–water partition coefficient (Wildman–Crippen LogP) is 2.42. The molecule has 0 unspecified atom stereocenters. The molecule has 1 rings (SSSR count). The van der Waals surface area contributed by atoms with Crippen molar-refractivity contribution >= 4 is 11.9 Å². The van der Waals surface area contributed by atoms with Gasteiger partial charge < -0.3 is 10.4 Å². The lowest BCUT2D eigenvalue weighted by Crippen LogP contribution is -2.29. The molecule has 0 saturated carbocycles. The molecule has 1 atom stereocenters. The Labute approximate surface area is 110 Å². The summed E-state index contributed by atoms with van der Waals surface area (Å²) < 4.78 is 13.5. The second-order valence-electron chi connectivity index (χ2n) is 4.27. The van der Waals surface area contributed by atoms with Gasteiger partial charge in [0, 0.05) is 16.7 Å². The zero-order chi connectivity index (χ0) is 14.6. The number of hydrogen-bond donors (Lipinski definition) is 2. The third-order valence-corrected chi connectivity index (χ3v) is 2.94. The Morgan fingerprint density at radius 1 is 1.21 bits per heavy atom. The number of halogens is 1. The zero-order valence-corrected chi connectivity index (χ0v) is 11.0. The number of aliphatic carboxylic acids is 1. The van der Waals surface area contributed by atoms with Gasteiger partial charge in [-0.15, -0.1) is 0 Å². The topological polar surface area (TPSA) is 66.4 Å². The minimum atomic E-state index is -1.15. The van der Waals surface area contributed by atoms with Crippen LogP contribution in [-0.2, 0) is 9.59 Å². The van der Waals surface area contributed by atoms with Crippen LogP contribution in [-0.4, -0.2) is 17.0 Å². The van der Waals surface area contributed by atoms with Crippen LogP contribution >= 0.6 is 0 Å². The van der Waals surface area contributed by atoms with Crippen LogP contribution in [0, 0.1) is 5.82 Å². The quantitative estimate of drug-likeness (QED) is 0.822. The molecule has 0 bridgehead atoms. The van der Waals surface area contributed by atoms with Gasteiger partial charge in [-0.1, -0.05) is 18.2 Å². The Bertz CT molecular complexity index is 537. The third kappa shape index (κ3) is 3.64. The first-order valence-electron chi connectivity index (χ1n) is 5.80. The van der Waals surface area contributed by atoms with Gasteiger partial charge in [0.15, 0.2) is 0 Å². The average molecular weight is 265 g/mol. The molecule has 0 aromatic heterocycles. The highest BCUT2D eigenvalue weighted by atomic mass is 19.1. The Morgan fingerprint density at radius 2 is 1.79 bits per heavy atom. The Morgan fingerprint density at radius 3 is 2.32 bits per heavy atom. The first-order chi connectivity index (χ1) is 8.84. The summed E-state index contributed by atoms with van der Waals surface area (Å²) in [7, 11) is 0. The highest BCUT2D eigenvalue weighted by Gasteiger charge is 2.17. The summed E-state index contributed by atoms with van der Waals surface area (Å²) in [5.41, 5.74) is 0.436. The van der Waals surface area contributed by atoms with E-state index in [1.54, 1.807) is 25.1 Å². The van der Waals surface area contributed by atoms with Crippen LogP contribution in [0.2, 0.25) is 0 Å². The summed E-state index contributed by atoms with van der Waals surface area (Å²) in [6.45, 7) is 4.41. The summed E-state index contributed by atoms with van der Waals surface area (Å²) in [5, 5.41) is 11.4. The number of carbonyl (C=O) groups excluding carboxylic acids is 1. The fraction of sp³-hybridized carbons (Fsp3) is 0.286. The molecule has 2 N–H and O–H groups in total. The Kier molecular flexibility index (Phi) is 4.80. The number of amides is 1.